The van der Waals surface area contributed by atoms with Crippen LogP contribution in [-0.2, 0) is 6.54 Å². The highest BCUT2D eigenvalue weighted by molar-refractivity contribution is 7.15. The molecule has 3 heterocycles. The molecule has 0 aliphatic heterocycles. The quantitative estimate of drug-likeness (QED) is 0.276. The number of hydrogen-bond acceptors (Lipinski definition) is 8. The number of hydrogen-bond donors (Lipinski definition) is 3. The van der Waals surface area contributed by atoms with Crippen molar-refractivity contribution in [3.05, 3.63) is 89.5 Å². The number of carbonyl (C=O) groups is 1. The number of halogens is 2. The monoisotopic (exact) mass is 503 g/mol. The minimum absolute atomic E-state index is 0.0353. The summed E-state index contributed by atoms with van der Waals surface area (Å²) < 4.78 is 26.7. The summed E-state index contributed by atoms with van der Waals surface area (Å²) in [4.78, 5) is 31.7. The van der Waals surface area contributed by atoms with Crippen LogP contribution in [0.5, 0.6) is 0 Å². The van der Waals surface area contributed by atoms with Crippen LogP contribution < -0.4 is 16.0 Å². The predicted octanol–water partition coefficient (Wildman–Crippen LogP) is 5.33. The molecule has 0 bridgehead atoms. The van der Waals surface area contributed by atoms with Crippen LogP contribution in [0.15, 0.2) is 67.3 Å². The number of nitrogens with one attached hydrogen (secondary N) is 3. The summed E-state index contributed by atoms with van der Waals surface area (Å²) in [7, 11) is 1.82. The third-order valence-electron chi connectivity index (χ3n) is 5.34. The fourth-order valence-electron chi connectivity index (χ4n) is 3.61. The molecule has 36 heavy (non-hydrogen) atoms. The SMILES string of the molecule is CNc1ncnc2ccc(-c3ccc(CNc4nccnc4C(=O)Nc4ccc(F)c(F)c4)s3)cc12. The summed E-state index contributed by atoms with van der Waals surface area (Å²) >= 11 is 1.60. The van der Waals surface area contributed by atoms with Crippen molar-refractivity contribution in [3.63, 3.8) is 0 Å². The van der Waals surface area contributed by atoms with E-state index in [1.54, 1.807) is 11.3 Å². The number of fused-ring (bicyclic) bond motifs is 1. The van der Waals surface area contributed by atoms with Gasteiger partial charge in [0.1, 0.15) is 12.1 Å². The average molecular weight is 504 g/mol. The number of carbonyl (C=O) groups excluding carboxylic acids is 1. The van der Waals surface area contributed by atoms with Crippen LogP contribution in [0.3, 0.4) is 0 Å². The Hall–Kier alpha value is -4.51. The van der Waals surface area contributed by atoms with E-state index < -0.39 is 17.5 Å². The Morgan fingerprint density at radius 3 is 2.61 bits per heavy atom. The van der Waals surface area contributed by atoms with Gasteiger partial charge >= 0.3 is 0 Å². The first kappa shape index (κ1) is 23.2. The molecule has 8 nitrogen and oxygen atoms in total. The van der Waals surface area contributed by atoms with Crippen molar-refractivity contribution >= 4 is 45.5 Å². The molecule has 180 valence electrons. The molecule has 5 rings (SSSR count). The maximum Gasteiger partial charge on any atom is 0.278 e. The van der Waals surface area contributed by atoms with E-state index in [9.17, 15) is 13.6 Å². The van der Waals surface area contributed by atoms with E-state index in [2.05, 4.69) is 35.9 Å². The van der Waals surface area contributed by atoms with Crippen molar-refractivity contribution in [1.29, 1.82) is 0 Å². The van der Waals surface area contributed by atoms with Gasteiger partial charge in [-0.15, -0.1) is 11.3 Å². The smallest absolute Gasteiger partial charge is 0.278 e. The molecule has 0 radical (unpaired) electrons. The first-order valence-electron chi connectivity index (χ1n) is 10.8. The van der Waals surface area contributed by atoms with E-state index in [0.717, 1.165) is 44.2 Å². The number of nitrogens with zero attached hydrogens (tertiary/aromatic N) is 4. The lowest BCUT2D eigenvalue weighted by atomic mass is 10.1. The van der Waals surface area contributed by atoms with Crippen molar-refractivity contribution in [2.75, 3.05) is 23.0 Å². The summed E-state index contributed by atoms with van der Waals surface area (Å²) in [5.41, 5.74) is 2.04. The van der Waals surface area contributed by atoms with Gasteiger partial charge in [-0.05, 0) is 42.0 Å². The number of anilines is 3. The molecule has 0 spiro atoms. The zero-order valence-corrected chi connectivity index (χ0v) is 19.7. The Balaban J connectivity index is 1.31. The second-order valence-electron chi connectivity index (χ2n) is 7.66. The third-order valence-corrected chi connectivity index (χ3v) is 6.47. The van der Waals surface area contributed by atoms with Gasteiger partial charge in [-0.1, -0.05) is 6.07 Å². The number of aromatic nitrogens is 4. The normalized spacial score (nSPS) is 10.9. The summed E-state index contributed by atoms with van der Waals surface area (Å²) in [5.74, 6) is -1.61. The molecule has 11 heteroatoms. The van der Waals surface area contributed by atoms with E-state index >= 15 is 0 Å². The topological polar surface area (TPSA) is 105 Å². The lowest BCUT2D eigenvalue weighted by Gasteiger charge is -2.10. The average Bonchev–Trinajstić information content (AvgIpc) is 3.38. The van der Waals surface area contributed by atoms with E-state index in [0.29, 0.717) is 6.54 Å². The standard InChI is InChI=1S/C25H19F2N7OS/c1-28-23-17-10-14(2-6-20(17)32-13-33-23)21-7-4-16(36-21)12-31-24-22(29-8-9-30-24)25(35)34-15-3-5-18(26)19(27)11-15/h2-11,13H,12H2,1H3,(H,30,31)(H,34,35)(H,28,32,33). The lowest BCUT2D eigenvalue weighted by molar-refractivity contribution is 0.102. The molecule has 0 saturated carbocycles. The molecular formula is C25H19F2N7OS. The Morgan fingerprint density at radius 2 is 1.78 bits per heavy atom. The Kier molecular flexibility index (Phi) is 6.46. The summed E-state index contributed by atoms with van der Waals surface area (Å²) in [6, 6.07) is 13.2. The van der Waals surface area contributed by atoms with Crippen LogP contribution in [0.25, 0.3) is 21.3 Å². The van der Waals surface area contributed by atoms with Crippen LogP contribution >= 0.6 is 11.3 Å². The number of benzene rings is 2. The molecule has 0 fully saturated rings. The molecule has 0 saturated heterocycles. The van der Waals surface area contributed by atoms with Gasteiger partial charge < -0.3 is 16.0 Å². The van der Waals surface area contributed by atoms with Crippen molar-refractivity contribution in [2.45, 2.75) is 6.54 Å². The van der Waals surface area contributed by atoms with Crippen LogP contribution in [0.2, 0.25) is 0 Å². The summed E-state index contributed by atoms with van der Waals surface area (Å²) in [5, 5.41) is 9.68. The van der Waals surface area contributed by atoms with Crippen molar-refractivity contribution in [1.82, 2.24) is 19.9 Å². The molecule has 0 unspecified atom stereocenters. The zero-order valence-electron chi connectivity index (χ0n) is 18.9. The Labute approximate surface area is 208 Å². The highest BCUT2D eigenvalue weighted by Gasteiger charge is 2.16. The molecule has 0 atom stereocenters. The molecule has 3 aromatic heterocycles. The van der Waals surface area contributed by atoms with Crippen LogP contribution in [0.1, 0.15) is 15.4 Å². The zero-order chi connectivity index (χ0) is 25.1. The summed E-state index contributed by atoms with van der Waals surface area (Å²) in [6.07, 6.45) is 4.38. The Bertz CT molecular complexity index is 1570. The molecule has 3 N–H and O–H groups in total. The second-order valence-corrected chi connectivity index (χ2v) is 8.83. The minimum Gasteiger partial charge on any atom is -0.373 e. The maximum atomic E-state index is 13.5. The number of rotatable bonds is 7. The van der Waals surface area contributed by atoms with Crippen molar-refractivity contribution in [2.24, 2.45) is 0 Å². The number of thiophene rings is 1. The third kappa shape index (κ3) is 4.82. The van der Waals surface area contributed by atoms with E-state index in [1.165, 1.54) is 24.8 Å². The highest BCUT2D eigenvalue weighted by Crippen LogP contribution is 2.32. The first-order valence-corrected chi connectivity index (χ1v) is 11.7. The number of amides is 1. The van der Waals surface area contributed by atoms with Gasteiger partial charge in [-0.3, -0.25) is 4.79 Å². The van der Waals surface area contributed by atoms with Crippen molar-refractivity contribution < 1.29 is 13.6 Å². The molecular weight excluding hydrogens is 484 g/mol. The fraction of sp³-hybridized carbons (Fsp3) is 0.0800. The molecule has 0 aliphatic rings. The van der Waals surface area contributed by atoms with Gasteiger partial charge in [0.2, 0.25) is 0 Å². The van der Waals surface area contributed by atoms with Gasteiger partial charge in [0.05, 0.1) is 12.1 Å². The van der Waals surface area contributed by atoms with E-state index in [-0.39, 0.29) is 17.2 Å². The van der Waals surface area contributed by atoms with Crippen LogP contribution in [-0.4, -0.2) is 32.9 Å². The molecule has 1 amide bonds. The van der Waals surface area contributed by atoms with Gasteiger partial charge in [0.15, 0.2) is 23.1 Å². The highest BCUT2D eigenvalue weighted by atomic mass is 32.1. The van der Waals surface area contributed by atoms with Crippen LogP contribution in [0, 0.1) is 11.6 Å². The first-order chi connectivity index (χ1) is 17.5. The van der Waals surface area contributed by atoms with Crippen molar-refractivity contribution in [3.8, 4) is 10.4 Å². The van der Waals surface area contributed by atoms with Crippen LogP contribution in [0.4, 0.5) is 26.1 Å². The Morgan fingerprint density at radius 1 is 0.917 bits per heavy atom. The second kappa shape index (κ2) is 10.0. The fourth-order valence-corrected chi connectivity index (χ4v) is 4.55. The minimum atomic E-state index is -1.06. The van der Waals surface area contributed by atoms with Gasteiger partial charge in [0.25, 0.3) is 5.91 Å². The molecule has 0 aliphatic carbocycles. The lowest BCUT2D eigenvalue weighted by Crippen LogP contribution is -2.17. The largest absolute Gasteiger partial charge is 0.373 e. The predicted molar refractivity (Wildman–Crippen MR) is 136 cm³/mol. The van der Waals surface area contributed by atoms with Gasteiger partial charge in [-0.2, -0.15) is 0 Å². The van der Waals surface area contributed by atoms with E-state index in [4.69, 9.17) is 0 Å². The summed E-state index contributed by atoms with van der Waals surface area (Å²) in [6.45, 7) is 0.410. The molecule has 2 aromatic carbocycles. The van der Waals surface area contributed by atoms with Gasteiger partial charge in [0, 0.05) is 46.3 Å². The maximum absolute atomic E-state index is 13.5. The molecule has 5 aromatic rings. The van der Waals surface area contributed by atoms with Gasteiger partial charge in [-0.25, -0.2) is 28.7 Å². The van der Waals surface area contributed by atoms with E-state index in [1.807, 2.05) is 37.4 Å².